The van der Waals surface area contributed by atoms with Gasteiger partial charge in [-0.1, -0.05) is 30.3 Å². The normalized spacial score (nSPS) is 18.1. The molecule has 0 radical (unpaired) electrons. The van der Waals surface area contributed by atoms with Gasteiger partial charge in [0.25, 0.3) is 0 Å². The summed E-state index contributed by atoms with van der Waals surface area (Å²) >= 11 is 0. The van der Waals surface area contributed by atoms with Crippen LogP contribution in [0.1, 0.15) is 18.4 Å². The van der Waals surface area contributed by atoms with Gasteiger partial charge in [0.05, 0.1) is 14.2 Å². The van der Waals surface area contributed by atoms with E-state index in [1.807, 2.05) is 42.5 Å². The quantitative estimate of drug-likeness (QED) is 0.767. The summed E-state index contributed by atoms with van der Waals surface area (Å²) in [6.07, 6.45) is 3.34. The highest BCUT2D eigenvalue weighted by Gasteiger charge is 2.27. The largest absolute Gasteiger partial charge is 0.497 e. The summed E-state index contributed by atoms with van der Waals surface area (Å²) in [6.45, 7) is 0.946. The van der Waals surface area contributed by atoms with Gasteiger partial charge in [-0.2, -0.15) is 4.31 Å². The van der Waals surface area contributed by atoms with Gasteiger partial charge in [-0.3, -0.25) is 0 Å². The van der Waals surface area contributed by atoms with Gasteiger partial charge in [0.15, 0.2) is 0 Å². The highest BCUT2D eigenvalue weighted by Crippen LogP contribution is 2.27. The molecular weight excluding hydrogens is 376 g/mol. The SMILES string of the molecule is COc1cc(NC2CCCN(S(=O)(=O)/C=C/c3ccccc3)C2)cc(OC)c1. The van der Waals surface area contributed by atoms with Crippen LogP contribution in [0.2, 0.25) is 0 Å². The maximum absolute atomic E-state index is 12.7. The molecule has 0 spiro atoms. The number of benzene rings is 2. The van der Waals surface area contributed by atoms with Crippen LogP contribution in [0.3, 0.4) is 0 Å². The lowest BCUT2D eigenvalue weighted by Gasteiger charge is -2.32. The Balaban J connectivity index is 1.69. The molecule has 0 aliphatic carbocycles. The number of rotatable bonds is 7. The van der Waals surface area contributed by atoms with E-state index in [1.54, 1.807) is 26.4 Å². The van der Waals surface area contributed by atoms with Gasteiger partial charge in [-0.05, 0) is 24.5 Å². The van der Waals surface area contributed by atoms with Crippen LogP contribution in [0.4, 0.5) is 5.69 Å². The average Bonchev–Trinajstić information content (AvgIpc) is 2.73. The zero-order valence-electron chi connectivity index (χ0n) is 16.2. The third-order valence-electron chi connectivity index (χ3n) is 4.70. The zero-order valence-corrected chi connectivity index (χ0v) is 17.0. The van der Waals surface area contributed by atoms with E-state index >= 15 is 0 Å². The number of hydrogen-bond donors (Lipinski definition) is 1. The van der Waals surface area contributed by atoms with Crippen molar-refractivity contribution in [3.63, 3.8) is 0 Å². The predicted octanol–water partition coefficient (Wildman–Crippen LogP) is 3.58. The molecule has 1 aliphatic heterocycles. The lowest BCUT2D eigenvalue weighted by Crippen LogP contribution is -2.44. The molecule has 1 unspecified atom stereocenters. The Labute approximate surface area is 166 Å². The number of anilines is 1. The van der Waals surface area contributed by atoms with Crippen molar-refractivity contribution in [2.45, 2.75) is 18.9 Å². The first-order chi connectivity index (χ1) is 13.5. The van der Waals surface area contributed by atoms with Gasteiger partial charge >= 0.3 is 0 Å². The monoisotopic (exact) mass is 402 g/mol. The molecule has 0 aromatic heterocycles. The first kappa shape index (κ1) is 20.2. The summed E-state index contributed by atoms with van der Waals surface area (Å²) in [7, 11) is -0.262. The lowest BCUT2D eigenvalue weighted by molar-refractivity contribution is 0.330. The van der Waals surface area contributed by atoms with Gasteiger partial charge in [0, 0.05) is 48.4 Å². The summed E-state index contributed by atoms with van der Waals surface area (Å²) in [4.78, 5) is 0. The van der Waals surface area contributed by atoms with Gasteiger partial charge in [-0.25, -0.2) is 8.42 Å². The van der Waals surface area contributed by atoms with Crippen LogP contribution in [0, 0.1) is 0 Å². The molecule has 3 rings (SSSR count). The van der Waals surface area contributed by atoms with Gasteiger partial charge < -0.3 is 14.8 Å². The summed E-state index contributed by atoms with van der Waals surface area (Å²) in [5.74, 6) is 1.38. The molecule has 1 fully saturated rings. The summed E-state index contributed by atoms with van der Waals surface area (Å²) < 4.78 is 37.6. The second-order valence-electron chi connectivity index (χ2n) is 6.70. The second kappa shape index (κ2) is 9.12. The molecule has 28 heavy (non-hydrogen) atoms. The van der Waals surface area contributed by atoms with Crippen LogP contribution in [-0.2, 0) is 10.0 Å². The Bertz CT molecular complexity index is 891. The van der Waals surface area contributed by atoms with E-state index in [4.69, 9.17) is 9.47 Å². The average molecular weight is 403 g/mol. The zero-order chi connectivity index (χ0) is 20.0. The van der Waals surface area contributed by atoms with Crippen molar-refractivity contribution in [3.05, 3.63) is 59.5 Å². The Hall–Kier alpha value is -2.51. The minimum Gasteiger partial charge on any atom is -0.497 e. The first-order valence-corrected chi connectivity index (χ1v) is 10.7. The van der Waals surface area contributed by atoms with Crippen molar-refractivity contribution >= 4 is 21.8 Å². The van der Waals surface area contributed by atoms with Crippen molar-refractivity contribution in [1.29, 1.82) is 0 Å². The van der Waals surface area contributed by atoms with E-state index in [0.29, 0.717) is 24.6 Å². The molecule has 1 atom stereocenters. The first-order valence-electron chi connectivity index (χ1n) is 9.23. The molecule has 0 bridgehead atoms. The summed E-state index contributed by atoms with van der Waals surface area (Å²) in [5.41, 5.74) is 1.71. The van der Waals surface area contributed by atoms with Crippen LogP contribution in [0.25, 0.3) is 6.08 Å². The molecule has 150 valence electrons. The van der Waals surface area contributed by atoms with E-state index in [1.165, 1.54) is 9.71 Å². The molecule has 1 heterocycles. The third kappa shape index (κ3) is 5.27. The predicted molar refractivity (Wildman–Crippen MR) is 112 cm³/mol. The van der Waals surface area contributed by atoms with Gasteiger partial charge in [0.1, 0.15) is 11.5 Å². The van der Waals surface area contributed by atoms with E-state index in [9.17, 15) is 8.42 Å². The number of ether oxygens (including phenoxy) is 2. The number of piperidine rings is 1. The molecular formula is C21H26N2O4S. The van der Waals surface area contributed by atoms with Crippen molar-refractivity contribution < 1.29 is 17.9 Å². The molecule has 0 saturated carbocycles. The van der Waals surface area contributed by atoms with E-state index < -0.39 is 10.0 Å². The molecule has 2 aromatic carbocycles. The van der Waals surface area contributed by atoms with Crippen LogP contribution in [0.5, 0.6) is 11.5 Å². The van der Waals surface area contributed by atoms with E-state index in [-0.39, 0.29) is 6.04 Å². The molecule has 7 heteroatoms. The molecule has 1 saturated heterocycles. The molecule has 1 aliphatic rings. The second-order valence-corrected chi connectivity index (χ2v) is 8.52. The third-order valence-corrected chi connectivity index (χ3v) is 6.23. The van der Waals surface area contributed by atoms with Crippen LogP contribution < -0.4 is 14.8 Å². The van der Waals surface area contributed by atoms with Crippen LogP contribution in [0.15, 0.2) is 53.9 Å². The van der Waals surface area contributed by atoms with Crippen LogP contribution in [-0.4, -0.2) is 46.1 Å². The Morgan fingerprint density at radius 1 is 1.07 bits per heavy atom. The fourth-order valence-corrected chi connectivity index (χ4v) is 4.51. The molecule has 1 N–H and O–H groups in total. The Morgan fingerprint density at radius 3 is 2.39 bits per heavy atom. The summed E-state index contributed by atoms with van der Waals surface area (Å²) in [5, 5.41) is 4.71. The number of hydrogen-bond acceptors (Lipinski definition) is 5. The van der Waals surface area contributed by atoms with Gasteiger partial charge in [-0.15, -0.1) is 0 Å². The van der Waals surface area contributed by atoms with Crippen molar-refractivity contribution in [2.24, 2.45) is 0 Å². The number of methoxy groups -OCH3 is 2. The van der Waals surface area contributed by atoms with Crippen LogP contribution >= 0.6 is 0 Å². The van der Waals surface area contributed by atoms with Gasteiger partial charge in [0.2, 0.25) is 10.0 Å². The minimum atomic E-state index is -3.47. The topological polar surface area (TPSA) is 67.9 Å². The molecule has 2 aromatic rings. The maximum atomic E-state index is 12.7. The number of nitrogens with one attached hydrogen (secondary N) is 1. The smallest absolute Gasteiger partial charge is 0.236 e. The lowest BCUT2D eigenvalue weighted by atomic mass is 10.1. The van der Waals surface area contributed by atoms with Crippen molar-refractivity contribution in [2.75, 3.05) is 32.6 Å². The maximum Gasteiger partial charge on any atom is 0.236 e. The van der Waals surface area contributed by atoms with E-state index in [0.717, 1.165) is 24.1 Å². The Kier molecular flexibility index (Phi) is 6.59. The fourth-order valence-electron chi connectivity index (χ4n) is 3.23. The van der Waals surface area contributed by atoms with Crippen molar-refractivity contribution in [3.8, 4) is 11.5 Å². The minimum absolute atomic E-state index is 0.0189. The molecule has 0 amide bonds. The fraction of sp³-hybridized carbons (Fsp3) is 0.333. The number of nitrogens with zero attached hydrogens (tertiary/aromatic N) is 1. The highest BCUT2D eigenvalue weighted by molar-refractivity contribution is 7.92. The Morgan fingerprint density at radius 2 is 1.75 bits per heavy atom. The molecule has 6 nitrogen and oxygen atoms in total. The number of sulfonamides is 1. The highest BCUT2D eigenvalue weighted by atomic mass is 32.2. The summed E-state index contributed by atoms with van der Waals surface area (Å²) in [6, 6.07) is 15.0. The van der Waals surface area contributed by atoms with E-state index in [2.05, 4.69) is 5.32 Å². The standard InChI is InChI=1S/C21H26N2O4S/c1-26-20-13-19(14-21(15-20)27-2)22-18-9-6-11-23(16-18)28(24,25)12-10-17-7-4-3-5-8-17/h3-5,7-8,10,12-15,18,22H,6,9,11,16H2,1-2H3/b12-10+. The van der Waals surface area contributed by atoms with Crippen molar-refractivity contribution in [1.82, 2.24) is 4.31 Å².